The highest BCUT2D eigenvalue weighted by atomic mass is 79.9. The molecule has 0 spiro atoms. The number of halogens is 1. The van der Waals surface area contributed by atoms with E-state index in [4.69, 9.17) is 4.42 Å². The van der Waals surface area contributed by atoms with E-state index in [1.54, 1.807) is 18.3 Å². The summed E-state index contributed by atoms with van der Waals surface area (Å²) in [6.07, 6.45) is 1.72. The number of H-pyrrole nitrogens is 1. The number of fused-ring (bicyclic) bond motifs is 1. The van der Waals surface area contributed by atoms with Gasteiger partial charge in [-0.1, -0.05) is 15.9 Å². The van der Waals surface area contributed by atoms with Crippen LogP contribution >= 0.6 is 15.9 Å². The van der Waals surface area contributed by atoms with Crippen LogP contribution in [0.2, 0.25) is 0 Å². The van der Waals surface area contributed by atoms with Crippen molar-refractivity contribution in [1.82, 2.24) is 4.98 Å². The summed E-state index contributed by atoms with van der Waals surface area (Å²) < 4.78 is 6.62. The smallest absolute Gasteiger partial charge is 0.244 e. The summed E-state index contributed by atoms with van der Waals surface area (Å²) >= 11 is 3.42. The van der Waals surface area contributed by atoms with Crippen LogP contribution < -0.4 is 0 Å². The molecule has 2 heterocycles. The summed E-state index contributed by atoms with van der Waals surface area (Å²) in [6, 6.07) is 9.25. The van der Waals surface area contributed by atoms with Crippen LogP contribution in [0.25, 0.3) is 11.0 Å². The molecular weight excluding hydrogens is 294 g/mol. The lowest BCUT2D eigenvalue weighted by molar-refractivity contribution is 0.101. The van der Waals surface area contributed by atoms with Gasteiger partial charge in [0.1, 0.15) is 5.58 Å². The molecule has 4 heteroatoms. The molecule has 0 bridgehead atoms. The van der Waals surface area contributed by atoms with Crippen molar-refractivity contribution < 1.29 is 9.21 Å². The van der Waals surface area contributed by atoms with Gasteiger partial charge in [0.2, 0.25) is 5.78 Å². The summed E-state index contributed by atoms with van der Waals surface area (Å²) in [7, 11) is 0. The van der Waals surface area contributed by atoms with Gasteiger partial charge in [-0.2, -0.15) is 0 Å². The summed E-state index contributed by atoms with van der Waals surface area (Å²) in [4.78, 5) is 15.1. The van der Waals surface area contributed by atoms with Gasteiger partial charge < -0.3 is 9.40 Å². The van der Waals surface area contributed by atoms with Gasteiger partial charge in [0.25, 0.3) is 0 Å². The second kappa shape index (κ2) is 4.14. The summed E-state index contributed by atoms with van der Waals surface area (Å²) in [6.45, 7) is 1.90. The highest BCUT2D eigenvalue weighted by Gasteiger charge is 2.19. The third-order valence-corrected chi connectivity index (χ3v) is 3.44. The molecule has 90 valence electrons. The second-order valence-electron chi connectivity index (χ2n) is 4.11. The van der Waals surface area contributed by atoms with Crippen LogP contribution in [0.15, 0.2) is 45.4 Å². The molecule has 0 unspecified atom stereocenters. The predicted molar refractivity (Wildman–Crippen MR) is 72.9 cm³/mol. The van der Waals surface area contributed by atoms with E-state index in [0.29, 0.717) is 11.5 Å². The number of carbonyl (C=O) groups excluding carboxylic acids is 1. The second-order valence-corrected chi connectivity index (χ2v) is 5.03. The van der Waals surface area contributed by atoms with Crippen molar-refractivity contribution in [2.45, 2.75) is 6.92 Å². The average molecular weight is 304 g/mol. The van der Waals surface area contributed by atoms with Gasteiger partial charge in [-0.15, -0.1) is 0 Å². The first-order chi connectivity index (χ1) is 8.66. The Morgan fingerprint density at radius 1 is 1.33 bits per heavy atom. The van der Waals surface area contributed by atoms with E-state index in [1.807, 2.05) is 25.1 Å². The molecule has 1 N–H and O–H groups in total. The molecule has 2 aromatic heterocycles. The molecule has 0 saturated heterocycles. The topological polar surface area (TPSA) is 46.0 Å². The Labute approximate surface area is 112 Å². The lowest BCUT2D eigenvalue weighted by Crippen LogP contribution is -2.01. The van der Waals surface area contributed by atoms with E-state index in [9.17, 15) is 4.79 Å². The van der Waals surface area contributed by atoms with Gasteiger partial charge in [0.05, 0.1) is 5.69 Å². The standard InChI is InChI=1S/C14H10BrNO2/c1-8-10-7-9(15)4-5-12(10)18-14(8)13(17)11-3-2-6-16-11/h2-7,16H,1H3. The summed E-state index contributed by atoms with van der Waals surface area (Å²) in [5, 5.41) is 0.958. The van der Waals surface area contributed by atoms with Crippen LogP contribution in [-0.4, -0.2) is 10.8 Å². The molecule has 3 aromatic rings. The van der Waals surface area contributed by atoms with Crippen LogP contribution in [0.3, 0.4) is 0 Å². The monoisotopic (exact) mass is 303 g/mol. The van der Waals surface area contributed by atoms with E-state index in [1.165, 1.54) is 0 Å². The summed E-state index contributed by atoms with van der Waals surface area (Å²) in [5.41, 5.74) is 2.13. The minimum Gasteiger partial charge on any atom is -0.452 e. The van der Waals surface area contributed by atoms with Crippen molar-refractivity contribution in [3.63, 3.8) is 0 Å². The van der Waals surface area contributed by atoms with Crippen molar-refractivity contribution in [2.75, 3.05) is 0 Å². The van der Waals surface area contributed by atoms with Gasteiger partial charge in [-0.05, 0) is 37.3 Å². The molecule has 0 fully saturated rings. The molecule has 3 nitrogen and oxygen atoms in total. The first-order valence-electron chi connectivity index (χ1n) is 5.53. The number of nitrogens with one attached hydrogen (secondary N) is 1. The Morgan fingerprint density at radius 3 is 2.89 bits per heavy atom. The minimum atomic E-state index is -0.121. The molecular formula is C14H10BrNO2. The Bertz CT molecular complexity index is 726. The Balaban J connectivity index is 2.19. The van der Waals surface area contributed by atoms with Gasteiger partial charge >= 0.3 is 0 Å². The van der Waals surface area contributed by atoms with Crippen LogP contribution in [0.5, 0.6) is 0 Å². The summed E-state index contributed by atoms with van der Waals surface area (Å²) in [5.74, 6) is 0.273. The van der Waals surface area contributed by atoms with Gasteiger partial charge in [-0.3, -0.25) is 4.79 Å². The zero-order chi connectivity index (χ0) is 12.7. The highest BCUT2D eigenvalue weighted by Crippen LogP contribution is 2.29. The molecule has 18 heavy (non-hydrogen) atoms. The number of aryl methyl sites for hydroxylation is 1. The highest BCUT2D eigenvalue weighted by molar-refractivity contribution is 9.10. The molecule has 0 radical (unpaired) electrons. The number of aromatic amines is 1. The SMILES string of the molecule is Cc1c(C(=O)c2ccc[nH]2)oc2ccc(Br)cc12. The molecule has 0 atom stereocenters. The molecule has 0 aliphatic rings. The normalized spacial score (nSPS) is 11.0. The van der Waals surface area contributed by atoms with E-state index >= 15 is 0 Å². The minimum absolute atomic E-state index is 0.121. The quantitative estimate of drug-likeness (QED) is 0.726. The van der Waals surface area contributed by atoms with Crippen LogP contribution in [0.4, 0.5) is 0 Å². The number of furan rings is 1. The first kappa shape index (κ1) is 11.3. The van der Waals surface area contributed by atoms with Gasteiger partial charge in [0, 0.05) is 21.6 Å². The molecule has 0 aliphatic heterocycles. The maximum atomic E-state index is 12.2. The van der Waals surface area contributed by atoms with Crippen LogP contribution in [-0.2, 0) is 0 Å². The molecule has 0 saturated carbocycles. The largest absolute Gasteiger partial charge is 0.452 e. The third-order valence-electron chi connectivity index (χ3n) is 2.95. The zero-order valence-electron chi connectivity index (χ0n) is 9.66. The van der Waals surface area contributed by atoms with Crippen LogP contribution in [0, 0.1) is 6.92 Å². The Hall–Kier alpha value is -1.81. The van der Waals surface area contributed by atoms with Crippen molar-refractivity contribution in [3.8, 4) is 0 Å². The lowest BCUT2D eigenvalue weighted by Gasteiger charge is -1.94. The third kappa shape index (κ3) is 1.69. The number of ketones is 1. The molecule has 0 aliphatic carbocycles. The van der Waals surface area contributed by atoms with Gasteiger partial charge in [0.15, 0.2) is 5.76 Å². The zero-order valence-corrected chi connectivity index (χ0v) is 11.2. The van der Waals surface area contributed by atoms with E-state index < -0.39 is 0 Å². The lowest BCUT2D eigenvalue weighted by atomic mass is 10.1. The number of hydrogen-bond donors (Lipinski definition) is 1. The van der Waals surface area contributed by atoms with Crippen molar-refractivity contribution in [2.24, 2.45) is 0 Å². The molecule has 3 rings (SSSR count). The molecule has 0 amide bonds. The fourth-order valence-electron chi connectivity index (χ4n) is 2.00. The van der Waals surface area contributed by atoms with Crippen LogP contribution in [0.1, 0.15) is 21.8 Å². The van der Waals surface area contributed by atoms with E-state index in [2.05, 4.69) is 20.9 Å². The van der Waals surface area contributed by atoms with Crippen molar-refractivity contribution >= 4 is 32.7 Å². The fraction of sp³-hybridized carbons (Fsp3) is 0.0714. The number of aromatic nitrogens is 1. The predicted octanol–water partition coefficient (Wildman–Crippen LogP) is 4.06. The van der Waals surface area contributed by atoms with Crippen molar-refractivity contribution in [3.05, 3.63) is 58.0 Å². The van der Waals surface area contributed by atoms with Gasteiger partial charge in [-0.25, -0.2) is 0 Å². The number of benzene rings is 1. The van der Waals surface area contributed by atoms with E-state index in [-0.39, 0.29) is 5.78 Å². The molecule has 1 aromatic carbocycles. The fourth-order valence-corrected chi connectivity index (χ4v) is 2.36. The number of carbonyl (C=O) groups is 1. The van der Waals surface area contributed by atoms with E-state index in [0.717, 1.165) is 21.0 Å². The number of rotatable bonds is 2. The maximum absolute atomic E-state index is 12.2. The Morgan fingerprint density at radius 2 is 2.17 bits per heavy atom. The first-order valence-corrected chi connectivity index (χ1v) is 6.33. The Kier molecular flexibility index (Phi) is 2.59. The maximum Gasteiger partial charge on any atom is 0.244 e. The number of hydrogen-bond acceptors (Lipinski definition) is 2. The average Bonchev–Trinajstić information content (AvgIpc) is 2.98. The van der Waals surface area contributed by atoms with Crippen molar-refractivity contribution in [1.29, 1.82) is 0 Å².